The Hall–Kier alpha value is -1.93. The van der Waals surface area contributed by atoms with Crippen LogP contribution >= 0.6 is 0 Å². The molecule has 0 fully saturated rings. The molecular formula is C12H21N5O3. The van der Waals surface area contributed by atoms with Crippen molar-refractivity contribution >= 4 is 17.3 Å². The maximum atomic E-state index is 11.2. The van der Waals surface area contributed by atoms with Gasteiger partial charge in [0.05, 0.1) is 11.5 Å². The molecule has 8 nitrogen and oxygen atoms in total. The lowest BCUT2D eigenvalue weighted by Gasteiger charge is -2.30. The van der Waals surface area contributed by atoms with Crippen LogP contribution in [0.3, 0.4) is 0 Å². The predicted molar refractivity (Wildman–Crippen MR) is 77.5 cm³/mol. The Balaban J connectivity index is 3.31. The van der Waals surface area contributed by atoms with Gasteiger partial charge in [-0.2, -0.15) is 0 Å². The highest BCUT2D eigenvalue weighted by Gasteiger charge is 2.25. The largest absolute Gasteiger partial charge is 0.395 e. The third kappa shape index (κ3) is 3.55. The second kappa shape index (κ2) is 7.61. The van der Waals surface area contributed by atoms with Crippen molar-refractivity contribution in [1.82, 2.24) is 4.98 Å². The molecular weight excluding hydrogens is 262 g/mol. The maximum Gasteiger partial charge on any atom is 0.311 e. The molecule has 0 atom stereocenters. The van der Waals surface area contributed by atoms with Crippen LogP contribution in [0.5, 0.6) is 0 Å². The first-order chi connectivity index (χ1) is 9.58. The van der Waals surface area contributed by atoms with Crippen molar-refractivity contribution < 1.29 is 10.0 Å². The molecule has 0 amide bonds. The summed E-state index contributed by atoms with van der Waals surface area (Å²) >= 11 is 0. The van der Waals surface area contributed by atoms with Crippen LogP contribution < -0.4 is 16.2 Å². The van der Waals surface area contributed by atoms with Crippen molar-refractivity contribution in [3.63, 3.8) is 0 Å². The van der Waals surface area contributed by atoms with Crippen LogP contribution in [0.2, 0.25) is 0 Å². The van der Waals surface area contributed by atoms with Crippen LogP contribution in [0.25, 0.3) is 0 Å². The molecule has 8 heteroatoms. The zero-order valence-electron chi connectivity index (χ0n) is 11.7. The van der Waals surface area contributed by atoms with Gasteiger partial charge in [0.2, 0.25) is 5.82 Å². The topological polar surface area (TPSA) is 118 Å². The first-order valence-electron chi connectivity index (χ1n) is 6.58. The van der Waals surface area contributed by atoms with Crippen LogP contribution in [0.4, 0.5) is 17.3 Å². The molecule has 1 aromatic heterocycles. The fourth-order valence-electron chi connectivity index (χ4n) is 2.17. The first-order valence-corrected chi connectivity index (χ1v) is 6.58. The summed E-state index contributed by atoms with van der Waals surface area (Å²) in [5.74, 6) is 5.89. The van der Waals surface area contributed by atoms with Gasteiger partial charge in [-0.1, -0.05) is 13.8 Å². The smallest absolute Gasteiger partial charge is 0.311 e. The molecule has 1 aromatic rings. The number of anilines is 2. The van der Waals surface area contributed by atoms with Crippen molar-refractivity contribution in [2.75, 3.05) is 23.5 Å². The number of aliphatic hydroxyl groups is 1. The molecule has 0 aliphatic heterocycles. The lowest BCUT2D eigenvalue weighted by molar-refractivity contribution is -0.384. The number of pyridine rings is 1. The van der Waals surface area contributed by atoms with Crippen molar-refractivity contribution in [3.8, 4) is 0 Å². The number of nitrogens with two attached hydrogens (primary N) is 1. The quantitative estimate of drug-likeness (QED) is 0.373. The van der Waals surface area contributed by atoms with Gasteiger partial charge in [-0.15, -0.1) is 0 Å². The van der Waals surface area contributed by atoms with E-state index in [2.05, 4.69) is 10.4 Å². The number of hydrogen-bond donors (Lipinski definition) is 3. The number of nitrogen functional groups attached to an aromatic ring is 1. The standard InChI is InChI=1S/C12H21N5O3/c1-3-9(4-2)16(7-8-18)12-10(17(19)20)5-6-11(14-12)15-13/h5-6,9,18H,3-4,7-8,13H2,1-2H3,(H,14,15). The molecule has 20 heavy (non-hydrogen) atoms. The molecule has 0 aliphatic rings. The van der Waals surface area contributed by atoms with E-state index in [1.54, 1.807) is 4.90 Å². The number of rotatable bonds is 8. The second-order valence-corrected chi connectivity index (χ2v) is 4.33. The minimum atomic E-state index is -0.477. The predicted octanol–water partition coefficient (Wildman–Crippen LogP) is 1.26. The van der Waals surface area contributed by atoms with Crippen molar-refractivity contribution in [2.24, 2.45) is 5.84 Å². The molecule has 1 rings (SSSR count). The van der Waals surface area contributed by atoms with E-state index in [0.29, 0.717) is 5.82 Å². The van der Waals surface area contributed by atoms with Gasteiger partial charge in [-0.25, -0.2) is 10.8 Å². The summed E-state index contributed by atoms with van der Waals surface area (Å²) in [7, 11) is 0. The highest BCUT2D eigenvalue weighted by atomic mass is 16.6. The summed E-state index contributed by atoms with van der Waals surface area (Å²) in [5.41, 5.74) is 2.29. The molecule has 0 aliphatic carbocycles. The Morgan fingerprint density at radius 1 is 1.50 bits per heavy atom. The molecule has 0 unspecified atom stereocenters. The number of aromatic nitrogens is 1. The summed E-state index contributed by atoms with van der Waals surface area (Å²) in [6.07, 6.45) is 1.60. The minimum absolute atomic E-state index is 0.0707. The summed E-state index contributed by atoms with van der Waals surface area (Å²) < 4.78 is 0. The molecule has 0 bridgehead atoms. The number of nitrogens with zero attached hydrogens (tertiary/aromatic N) is 3. The summed E-state index contributed by atoms with van der Waals surface area (Å²) in [5, 5.41) is 20.4. The average molecular weight is 283 g/mol. The van der Waals surface area contributed by atoms with Gasteiger partial charge in [0.25, 0.3) is 0 Å². The van der Waals surface area contributed by atoms with E-state index in [9.17, 15) is 15.2 Å². The monoisotopic (exact) mass is 283 g/mol. The van der Waals surface area contributed by atoms with E-state index >= 15 is 0 Å². The van der Waals surface area contributed by atoms with Crippen LogP contribution in [0, 0.1) is 10.1 Å². The summed E-state index contributed by atoms with van der Waals surface area (Å²) in [6, 6.07) is 2.89. The summed E-state index contributed by atoms with van der Waals surface area (Å²) in [4.78, 5) is 16.6. The Kier molecular flexibility index (Phi) is 6.13. The Morgan fingerprint density at radius 2 is 2.15 bits per heavy atom. The molecule has 0 aromatic carbocycles. The van der Waals surface area contributed by atoms with Crippen molar-refractivity contribution in [3.05, 3.63) is 22.2 Å². The normalized spacial score (nSPS) is 10.7. The van der Waals surface area contributed by atoms with Crippen LogP contribution in [0.15, 0.2) is 12.1 Å². The average Bonchev–Trinajstić information content (AvgIpc) is 2.46. The third-order valence-electron chi connectivity index (χ3n) is 3.20. The maximum absolute atomic E-state index is 11.2. The fourth-order valence-corrected chi connectivity index (χ4v) is 2.17. The molecule has 0 saturated carbocycles. The highest BCUT2D eigenvalue weighted by molar-refractivity contribution is 5.62. The van der Waals surface area contributed by atoms with Gasteiger partial charge >= 0.3 is 5.69 Å². The lowest BCUT2D eigenvalue weighted by Crippen LogP contribution is -2.38. The molecule has 112 valence electrons. The molecule has 0 spiro atoms. The number of nitrogens with one attached hydrogen (secondary N) is 1. The molecule has 0 saturated heterocycles. The Morgan fingerprint density at radius 3 is 2.60 bits per heavy atom. The van der Waals surface area contributed by atoms with Crippen LogP contribution in [0.1, 0.15) is 26.7 Å². The van der Waals surface area contributed by atoms with Crippen LogP contribution in [-0.2, 0) is 0 Å². The van der Waals surface area contributed by atoms with Crippen molar-refractivity contribution in [2.45, 2.75) is 32.7 Å². The first kappa shape index (κ1) is 16.1. The zero-order chi connectivity index (χ0) is 15.1. The molecule has 4 N–H and O–H groups in total. The van der Waals surface area contributed by atoms with Gasteiger partial charge in [0.15, 0.2) is 0 Å². The van der Waals surface area contributed by atoms with Gasteiger partial charge < -0.3 is 15.4 Å². The van der Waals surface area contributed by atoms with E-state index in [0.717, 1.165) is 12.8 Å². The van der Waals surface area contributed by atoms with Gasteiger partial charge in [0.1, 0.15) is 5.82 Å². The van der Waals surface area contributed by atoms with E-state index in [4.69, 9.17) is 5.84 Å². The van der Waals surface area contributed by atoms with Gasteiger partial charge in [-0.05, 0) is 18.9 Å². The molecule has 1 heterocycles. The number of nitro groups is 1. The van der Waals surface area contributed by atoms with E-state index < -0.39 is 4.92 Å². The fraction of sp³-hybridized carbons (Fsp3) is 0.583. The Labute approximate surface area is 117 Å². The van der Waals surface area contributed by atoms with E-state index in [-0.39, 0.29) is 30.7 Å². The highest BCUT2D eigenvalue weighted by Crippen LogP contribution is 2.30. The Bertz CT molecular complexity index is 451. The molecule has 0 radical (unpaired) electrons. The number of aliphatic hydroxyl groups excluding tert-OH is 1. The van der Waals surface area contributed by atoms with Crippen molar-refractivity contribution in [1.29, 1.82) is 0 Å². The van der Waals surface area contributed by atoms with Gasteiger partial charge in [0, 0.05) is 18.7 Å². The van der Waals surface area contributed by atoms with E-state index in [1.165, 1.54) is 12.1 Å². The van der Waals surface area contributed by atoms with Crippen LogP contribution in [-0.4, -0.2) is 34.2 Å². The zero-order valence-corrected chi connectivity index (χ0v) is 11.7. The summed E-state index contributed by atoms with van der Waals surface area (Å²) in [6.45, 7) is 4.18. The second-order valence-electron chi connectivity index (χ2n) is 4.33. The van der Waals surface area contributed by atoms with E-state index in [1.807, 2.05) is 13.8 Å². The minimum Gasteiger partial charge on any atom is -0.395 e. The van der Waals surface area contributed by atoms with Gasteiger partial charge in [-0.3, -0.25) is 10.1 Å². The third-order valence-corrected chi connectivity index (χ3v) is 3.20. The number of hydrogen-bond acceptors (Lipinski definition) is 7. The number of hydrazine groups is 1. The lowest BCUT2D eigenvalue weighted by atomic mass is 10.1. The SMILES string of the molecule is CCC(CC)N(CCO)c1nc(NN)ccc1[N+](=O)[O-].